The van der Waals surface area contributed by atoms with Crippen molar-refractivity contribution in [3.8, 4) is 0 Å². The number of carbonyl (C=O) groups excluding carboxylic acids is 2. The van der Waals surface area contributed by atoms with Gasteiger partial charge in [-0.1, -0.05) is 28.1 Å². The van der Waals surface area contributed by atoms with Crippen LogP contribution in [0.25, 0.3) is 0 Å². The summed E-state index contributed by atoms with van der Waals surface area (Å²) in [6, 6.07) is 7.14. The van der Waals surface area contributed by atoms with E-state index in [-0.39, 0.29) is 5.91 Å². The SMILES string of the molecule is O=C1N=C(N2CCNCC2)NC(=O)C1c1ccc(Br)cc1. The van der Waals surface area contributed by atoms with Crippen LogP contribution in [0.5, 0.6) is 0 Å². The number of carbonyl (C=O) groups is 2. The van der Waals surface area contributed by atoms with Gasteiger partial charge in [0.05, 0.1) is 0 Å². The van der Waals surface area contributed by atoms with E-state index in [1.54, 1.807) is 12.1 Å². The standard InChI is InChI=1S/C14H15BrN4O2/c15-10-3-1-9(2-4-10)11-12(20)17-14(18-13(11)21)19-7-5-16-6-8-19/h1-4,11,16H,5-8H2,(H,17,18,20,21). The molecule has 2 aliphatic rings. The molecule has 1 fully saturated rings. The van der Waals surface area contributed by atoms with Crippen molar-refractivity contribution in [2.45, 2.75) is 5.92 Å². The van der Waals surface area contributed by atoms with Crippen LogP contribution in [0.3, 0.4) is 0 Å². The normalized spacial score (nSPS) is 22.8. The molecule has 3 rings (SSSR count). The Bertz CT molecular complexity index is 593. The van der Waals surface area contributed by atoms with Crippen LogP contribution < -0.4 is 10.6 Å². The molecule has 0 saturated carbocycles. The molecular weight excluding hydrogens is 336 g/mol. The molecule has 0 bridgehead atoms. The average molecular weight is 351 g/mol. The molecule has 0 aromatic heterocycles. The molecule has 1 atom stereocenters. The van der Waals surface area contributed by atoms with Gasteiger partial charge >= 0.3 is 0 Å². The summed E-state index contributed by atoms with van der Waals surface area (Å²) >= 11 is 3.34. The van der Waals surface area contributed by atoms with Gasteiger partial charge in [0.15, 0.2) is 0 Å². The average Bonchev–Trinajstić information content (AvgIpc) is 2.49. The van der Waals surface area contributed by atoms with Crippen LogP contribution in [0, 0.1) is 0 Å². The predicted octanol–water partition coefficient (Wildman–Crippen LogP) is 0.450. The summed E-state index contributed by atoms with van der Waals surface area (Å²) < 4.78 is 0.903. The molecule has 0 aliphatic carbocycles. The first kappa shape index (κ1) is 14.2. The van der Waals surface area contributed by atoms with Crippen LogP contribution in [0.1, 0.15) is 11.5 Å². The van der Waals surface area contributed by atoms with Gasteiger partial charge in [-0.2, -0.15) is 4.99 Å². The zero-order valence-corrected chi connectivity index (χ0v) is 12.9. The molecule has 1 aromatic carbocycles. The van der Waals surface area contributed by atoms with Crippen molar-refractivity contribution in [2.24, 2.45) is 4.99 Å². The van der Waals surface area contributed by atoms with E-state index >= 15 is 0 Å². The number of rotatable bonds is 1. The van der Waals surface area contributed by atoms with Crippen LogP contribution in [-0.2, 0) is 9.59 Å². The van der Waals surface area contributed by atoms with Crippen molar-refractivity contribution in [3.05, 3.63) is 34.3 Å². The number of guanidine groups is 1. The number of halogens is 1. The number of nitrogens with zero attached hydrogens (tertiary/aromatic N) is 2. The van der Waals surface area contributed by atoms with E-state index < -0.39 is 11.8 Å². The lowest BCUT2D eigenvalue weighted by molar-refractivity contribution is -0.130. The third-order valence-electron chi connectivity index (χ3n) is 3.58. The zero-order valence-electron chi connectivity index (χ0n) is 11.3. The zero-order chi connectivity index (χ0) is 14.8. The Morgan fingerprint density at radius 2 is 1.81 bits per heavy atom. The van der Waals surface area contributed by atoms with Crippen LogP contribution >= 0.6 is 15.9 Å². The Labute approximate surface area is 130 Å². The Hall–Kier alpha value is -1.73. The summed E-state index contributed by atoms with van der Waals surface area (Å²) in [4.78, 5) is 30.5. The van der Waals surface area contributed by atoms with Crippen molar-refractivity contribution in [1.82, 2.24) is 15.5 Å². The quantitative estimate of drug-likeness (QED) is 0.721. The van der Waals surface area contributed by atoms with Gasteiger partial charge in [0.2, 0.25) is 11.9 Å². The monoisotopic (exact) mass is 350 g/mol. The maximum Gasteiger partial charge on any atom is 0.265 e. The topological polar surface area (TPSA) is 73.8 Å². The Balaban J connectivity index is 1.83. The van der Waals surface area contributed by atoms with Crippen LogP contribution in [0.15, 0.2) is 33.7 Å². The maximum absolute atomic E-state index is 12.3. The smallest absolute Gasteiger partial charge is 0.265 e. The fourth-order valence-electron chi connectivity index (χ4n) is 2.47. The van der Waals surface area contributed by atoms with Gasteiger partial charge < -0.3 is 10.2 Å². The van der Waals surface area contributed by atoms with Gasteiger partial charge in [0.1, 0.15) is 5.92 Å². The van der Waals surface area contributed by atoms with Gasteiger partial charge in [-0.3, -0.25) is 14.9 Å². The molecule has 2 aliphatic heterocycles. The Kier molecular flexibility index (Phi) is 4.03. The second-order valence-corrected chi connectivity index (χ2v) is 5.90. The van der Waals surface area contributed by atoms with Crippen molar-refractivity contribution in [1.29, 1.82) is 0 Å². The third-order valence-corrected chi connectivity index (χ3v) is 4.11. The number of benzene rings is 1. The molecule has 110 valence electrons. The van der Waals surface area contributed by atoms with Gasteiger partial charge in [-0.25, -0.2) is 0 Å². The lowest BCUT2D eigenvalue weighted by atomic mass is 9.96. The van der Waals surface area contributed by atoms with Gasteiger partial charge in [-0.05, 0) is 17.7 Å². The largest absolute Gasteiger partial charge is 0.340 e. The van der Waals surface area contributed by atoms with E-state index in [0.29, 0.717) is 11.5 Å². The highest BCUT2D eigenvalue weighted by Gasteiger charge is 2.35. The minimum Gasteiger partial charge on any atom is -0.340 e. The summed E-state index contributed by atoms with van der Waals surface area (Å²) in [7, 11) is 0. The van der Waals surface area contributed by atoms with Crippen molar-refractivity contribution in [2.75, 3.05) is 26.2 Å². The Morgan fingerprint density at radius 1 is 1.14 bits per heavy atom. The first-order valence-corrected chi connectivity index (χ1v) is 7.59. The van der Waals surface area contributed by atoms with Crippen LogP contribution in [0.4, 0.5) is 0 Å². The number of nitrogens with one attached hydrogen (secondary N) is 2. The van der Waals surface area contributed by atoms with Crippen LogP contribution in [-0.4, -0.2) is 48.9 Å². The van der Waals surface area contributed by atoms with Crippen molar-refractivity contribution < 1.29 is 9.59 Å². The number of amides is 2. The molecule has 2 N–H and O–H groups in total. The molecule has 2 amide bonds. The highest BCUT2D eigenvalue weighted by molar-refractivity contribution is 9.10. The molecule has 1 aromatic rings. The second kappa shape index (κ2) is 5.95. The minimum atomic E-state index is -0.857. The summed E-state index contributed by atoms with van der Waals surface area (Å²) in [6.45, 7) is 3.10. The van der Waals surface area contributed by atoms with Gasteiger partial charge in [0.25, 0.3) is 5.91 Å². The van der Waals surface area contributed by atoms with E-state index in [2.05, 4.69) is 31.6 Å². The van der Waals surface area contributed by atoms with E-state index in [1.807, 2.05) is 17.0 Å². The Morgan fingerprint density at radius 3 is 2.43 bits per heavy atom. The molecular formula is C14H15BrN4O2. The number of hydrogen-bond donors (Lipinski definition) is 2. The summed E-state index contributed by atoms with van der Waals surface area (Å²) in [6.07, 6.45) is 0. The minimum absolute atomic E-state index is 0.314. The number of aliphatic imine (C=N–C) groups is 1. The van der Waals surface area contributed by atoms with Crippen molar-refractivity contribution >= 4 is 33.7 Å². The first-order valence-electron chi connectivity index (χ1n) is 6.80. The second-order valence-electron chi connectivity index (χ2n) is 4.98. The van der Waals surface area contributed by atoms with Gasteiger partial charge in [-0.15, -0.1) is 0 Å². The summed E-state index contributed by atoms with van der Waals surface area (Å²) in [5.74, 6) is -1.20. The van der Waals surface area contributed by atoms with E-state index in [4.69, 9.17) is 0 Å². The fourth-order valence-corrected chi connectivity index (χ4v) is 2.73. The first-order chi connectivity index (χ1) is 10.1. The molecule has 2 heterocycles. The molecule has 1 saturated heterocycles. The summed E-state index contributed by atoms with van der Waals surface area (Å²) in [5, 5.41) is 5.97. The lowest BCUT2D eigenvalue weighted by Crippen LogP contribution is -2.55. The molecule has 7 heteroatoms. The number of piperazine rings is 1. The van der Waals surface area contributed by atoms with E-state index in [0.717, 1.165) is 30.7 Å². The molecule has 0 spiro atoms. The maximum atomic E-state index is 12.3. The fraction of sp³-hybridized carbons (Fsp3) is 0.357. The molecule has 21 heavy (non-hydrogen) atoms. The predicted molar refractivity (Wildman–Crippen MR) is 81.9 cm³/mol. The highest BCUT2D eigenvalue weighted by atomic mass is 79.9. The number of hydrogen-bond acceptors (Lipinski definition) is 4. The summed E-state index contributed by atoms with van der Waals surface area (Å²) in [5.41, 5.74) is 0.656. The third kappa shape index (κ3) is 2.98. The molecule has 1 unspecified atom stereocenters. The molecule has 6 nitrogen and oxygen atoms in total. The molecule has 0 radical (unpaired) electrons. The van der Waals surface area contributed by atoms with Gasteiger partial charge in [0, 0.05) is 30.7 Å². The van der Waals surface area contributed by atoms with E-state index in [9.17, 15) is 9.59 Å². The van der Waals surface area contributed by atoms with E-state index in [1.165, 1.54) is 0 Å². The lowest BCUT2D eigenvalue weighted by Gasteiger charge is -2.32. The van der Waals surface area contributed by atoms with Crippen molar-refractivity contribution in [3.63, 3.8) is 0 Å². The highest BCUT2D eigenvalue weighted by Crippen LogP contribution is 2.22. The van der Waals surface area contributed by atoms with Crippen LogP contribution in [0.2, 0.25) is 0 Å².